The summed E-state index contributed by atoms with van der Waals surface area (Å²) in [7, 11) is -3.18. The van der Waals surface area contributed by atoms with Gasteiger partial charge in [-0.15, -0.1) is 0 Å². The van der Waals surface area contributed by atoms with E-state index in [9.17, 15) is 13.5 Å². The molecule has 1 N–H and O–H groups in total. The first-order valence-electron chi connectivity index (χ1n) is 9.44. The van der Waals surface area contributed by atoms with Gasteiger partial charge < -0.3 is 9.84 Å². The van der Waals surface area contributed by atoms with E-state index in [1.165, 1.54) is 6.26 Å². The fraction of sp³-hybridized carbons (Fsp3) is 0.684. The van der Waals surface area contributed by atoms with Crippen LogP contribution in [0.5, 0.6) is 0 Å². The third kappa shape index (κ3) is 3.55. The van der Waals surface area contributed by atoms with E-state index in [-0.39, 0.29) is 5.60 Å². The third-order valence-electron chi connectivity index (χ3n) is 6.24. The van der Waals surface area contributed by atoms with Gasteiger partial charge in [0.1, 0.15) is 0 Å². The van der Waals surface area contributed by atoms with Gasteiger partial charge in [0.05, 0.1) is 24.6 Å². The van der Waals surface area contributed by atoms with E-state index >= 15 is 0 Å². The van der Waals surface area contributed by atoms with E-state index < -0.39 is 16.1 Å². The molecule has 1 spiro atoms. The summed E-state index contributed by atoms with van der Waals surface area (Å²) in [6.07, 6.45) is 4.67. The molecular formula is C19H28N2O4S. The average molecular weight is 381 g/mol. The molecule has 4 atom stereocenters. The largest absolute Gasteiger partial charge is 0.387 e. The van der Waals surface area contributed by atoms with E-state index in [4.69, 9.17) is 4.74 Å². The summed E-state index contributed by atoms with van der Waals surface area (Å²) in [5.74, 6) is 0. The molecule has 4 rings (SSSR count). The minimum Gasteiger partial charge on any atom is -0.387 e. The molecule has 6 nitrogen and oxygen atoms in total. The maximum Gasteiger partial charge on any atom is 0.211 e. The van der Waals surface area contributed by atoms with Gasteiger partial charge in [-0.25, -0.2) is 8.42 Å². The predicted molar refractivity (Wildman–Crippen MR) is 99.3 cm³/mol. The monoisotopic (exact) mass is 380 g/mol. The standard InChI is InChI=1S/C19H28N2O4S/c1-26(23,24)20-9-10-25-19(14-20)11-16-7-8-17(12-19)21(16)13-18(22)15-5-3-2-4-6-15/h2-6,16-18,22H,7-14H2,1H3/t16-,17+,18?,19?. The highest BCUT2D eigenvalue weighted by Crippen LogP contribution is 2.44. The zero-order valence-corrected chi connectivity index (χ0v) is 16.1. The van der Waals surface area contributed by atoms with Gasteiger partial charge in [-0.2, -0.15) is 4.31 Å². The fourth-order valence-electron chi connectivity index (χ4n) is 5.01. The van der Waals surface area contributed by atoms with Crippen LogP contribution in [-0.2, 0) is 14.8 Å². The number of aliphatic hydroxyl groups excluding tert-OH is 1. The lowest BCUT2D eigenvalue weighted by Crippen LogP contribution is -2.61. The molecule has 1 aromatic rings. The van der Waals surface area contributed by atoms with Crippen LogP contribution in [0.1, 0.15) is 37.4 Å². The van der Waals surface area contributed by atoms with Crippen molar-refractivity contribution in [3.05, 3.63) is 35.9 Å². The van der Waals surface area contributed by atoms with Crippen molar-refractivity contribution in [3.63, 3.8) is 0 Å². The van der Waals surface area contributed by atoms with E-state index in [1.807, 2.05) is 30.3 Å². The molecule has 3 aliphatic heterocycles. The van der Waals surface area contributed by atoms with Gasteiger partial charge in [0.15, 0.2) is 0 Å². The molecular weight excluding hydrogens is 352 g/mol. The van der Waals surface area contributed by atoms with Crippen LogP contribution in [0.25, 0.3) is 0 Å². The summed E-state index contributed by atoms with van der Waals surface area (Å²) < 4.78 is 31.7. The summed E-state index contributed by atoms with van der Waals surface area (Å²) in [5, 5.41) is 10.6. The first-order chi connectivity index (χ1) is 12.4. The summed E-state index contributed by atoms with van der Waals surface area (Å²) in [6, 6.07) is 10.5. The lowest BCUT2D eigenvalue weighted by atomic mass is 9.84. The average Bonchev–Trinajstić information content (AvgIpc) is 2.86. The van der Waals surface area contributed by atoms with E-state index in [0.29, 0.717) is 38.3 Å². The molecule has 0 radical (unpaired) electrons. The molecule has 2 unspecified atom stereocenters. The molecule has 3 aliphatic rings. The summed E-state index contributed by atoms with van der Waals surface area (Å²) in [6.45, 7) is 2.02. The second kappa shape index (κ2) is 6.87. The van der Waals surface area contributed by atoms with Crippen molar-refractivity contribution in [2.45, 2.75) is 49.5 Å². The highest BCUT2D eigenvalue weighted by atomic mass is 32.2. The number of benzene rings is 1. The number of piperidine rings is 1. The Balaban J connectivity index is 1.46. The molecule has 7 heteroatoms. The Kier molecular flexibility index (Phi) is 4.86. The van der Waals surface area contributed by atoms with Crippen molar-refractivity contribution in [1.29, 1.82) is 0 Å². The van der Waals surface area contributed by atoms with Crippen LogP contribution in [0.4, 0.5) is 0 Å². The molecule has 26 heavy (non-hydrogen) atoms. The number of hydrogen-bond donors (Lipinski definition) is 1. The Morgan fingerprint density at radius 1 is 1.23 bits per heavy atom. The number of hydrogen-bond acceptors (Lipinski definition) is 5. The van der Waals surface area contributed by atoms with Crippen LogP contribution in [0, 0.1) is 0 Å². The summed E-state index contributed by atoms with van der Waals surface area (Å²) >= 11 is 0. The van der Waals surface area contributed by atoms with Crippen molar-refractivity contribution < 1.29 is 18.3 Å². The zero-order valence-electron chi connectivity index (χ0n) is 15.3. The lowest BCUT2D eigenvalue weighted by molar-refractivity contribution is -0.138. The smallest absolute Gasteiger partial charge is 0.211 e. The van der Waals surface area contributed by atoms with Crippen molar-refractivity contribution in [1.82, 2.24) is 9.21 Å². The third-order valence-corrected chi connectivity index (χ3v) is 7.49. The van der Waals surface area contributed by atoms with Gasteiger partial charge in [0.25, 0.3) is 0 Å². The van der Waals surface area contributed by atoms with Gasteiger partial charge in [-0.1, -0.05) is 30.3 Å². The number of aliphatic hydroxyl groups is 1. The topological polar surface area (TPSA) is 70.1 Å². The van der Waals surface area contributed by atoms with E-state index in [0.717, 1.165) is 31.2 Å². The molecule has 0 aromatic heterocycles. The molecule has 0 aliphatic carbocycles. The maximum atomic E-state index is 12.0. The number of rotatable bonds is 4. The zero-order chi connectivity index (χ0) is 18.4. The SMILES string of the molecule is CS(=O)(=O)N1CCOC2(C[C@H]3CC[C@@H](C2)N3CC(O)c2ccccc2)C1. The van der Waals surface area contributed by atoms with E-state index in [1.54, 1.807) is 4.31 Å². The first-order valence-corrected chi connectivity index (χ1v) is 11.3. The van der Waals surface area contributed by atoms with Gasteiger partial charge in [-0.05, 0) is 31.2 Å². The van der Waals surface area contributed by atoms with Gasteiger partial charge >= 0.3 is 0 Å². The lowest BCUT2D eigenvalue weighted by Gasteiger charge is -2.50. The Morgan fingerprint density at radius 3 is 2.50 bits per heavy atom. The number of morpholine rings is 1. The van der Waals surface area contributed by atoms with Crippen LogP contribution < -0.4 is 0 Å². The van der Waals surface area contributed by atoms with Crippen molar-refractivity contribution in [3.8, 4) is 0 Å². The van der Waals surface area contributed by atoms with Crippen LogP contribution in [0.2, 0.25) is 0 Å². The maximum absolute atomic E-state index is 12.0. The Labute approximate surface area is 155 Å². The second-order valence-corrected chi connectivity index (χ2v) is 10.0. The molecule has 1 aromatic carbocycles. The molecule has 0 saturated carbocycles. The van der Waals surface area contributed by atoms with Crippen LogP contribution in [-0.4, -0.2) is 72.9 Å². The van der Waals surface area contributed by atoms with Crippen LogP contribution in [0.15, 0.2) is 30.3 Å². The van der Waals surface area contributed by atoms with Crippen molar-refractivity contribution in [2.24, 2.45) is 0 Å². The Bertz CT molecular complexity index is 725. The second-order valence-electron chi connectivity index (χ2n) is 8.04. The number of nitrogens with zero attached hydrogens (tertiary/aromatic N) is 2. The van der Waals surface area contributed by atoms with Gasteiger partial charge in [-0.3, -0.25) is 4.90 Å². The quantitative estimate of drug-likeness (QED) is 0.855. The molecule has 144 valence electrons. The van der Waals surface area contributed by atoms with E-state index in [2.05, 4.69) is 4.90 Å². The minimum absolute atomic E-state index is 0.353. The van der Waals surface area contributed by atoms with Gasteiger partial charge in [0, 0.05) is 31.7 Å². The highest BCUT2D eigenvalue weighted by molar-refractivity contribution is 7.88. The first kappa shape index (κ1) is 18.4. The van der Waals surface area contributed by atoms with Gasteiger partial charge in [0.2, 0.25) is 10.0 Å². The van der Waals surface area contributed by atoms with Crippen molar-refractivity contribution >= 4 is 10.0 Å². The highest BCUT2D eigenvalue weighted by Gasteiger charge is 2.51. The summed E-state index contributed by atoms with van der Waals surface area (Å²) in [4.78, 5) is 2.42. The minimum atomic E-state index is -3.18. The predicted octanol–water partition coefficient (Wildman–Crippen LogP) is 1.38. The summed E-state index contributed by atoms with van der Waals surface area (Å²) in [5.41, 5.74) is 0.589. The van der Waals surface area contributed by atoms with Crippen LogP contribution in [0.3, 0.4) is 0 Å². The Hall–Kier alpha value is -0.990. The number of ether oxygens (including phenoxy) is 1. The molecule has 3 saturated heterocycles. The van der Waals surface area contributed by atoms with Crippen molar-refractivity contribution in [2.75, 3.05) is 32.5 Å². The van der Waals surface area contributed by atoms with Crippen LogP contribution >= 0.6 is 0 Å². The number of fused-ring (bicyclic) bond motifs is 2. The normalized spacial score (nSPS) is 34.2. The molecule has 2 bridgehead atoms. The fourth-order valence-corrected chi connectivity index (χ4v) is 5.89. The molecule has 3 heterocycles. The molecule has 0 amide bonds. The number of sulfonamides is 1. The molecule has 3 fully saturated rings. The Morgan fingerprint density at radius 2 is 1.88 bits per heavy atom.